The standard InChI is InChI=1S/C23H36N4O6/c1-24-18-5-4-10-27(18)19(29)13-25-16-6-11-26(12-7-16)15-23-21(20(30)17(28)14-31-23)32-22(33-23)8-2-3-9-22/h16-18,20-21,25,28,30H,2-15H2/t17-,18+,20-,21+,23+/m1/s1. The van der Waals surface area contributed by atoms with Crippen LogP contribution in [0.1, 0.15) is 51.4 Å². The average molecular weight is 465 g/mol. The van der Waals surface area contributed by atoms with Gasteiger partial charge in [-0.25, -0.2) is 6.57 Å². The van der Waals surface area contributed by atoms with Gasteiger partial charge in [0.1, 0.15) is 18.3 Å². The van der Waals surface area contributed by atoms with Gasteiger partial charge in [-0.2, -0.15) is 0 Å². The largest absolute Gasteiger partial charge is 0.388 e. The van der Waals surface area contributed by atoms with Crippen molar-refractivity contribution in [2.75, 3.05) is 39.3 Å². The van der Waals surface area contributed by atoms with Crippen LogP contribution in [0.25, 0.3) is 4.85 Å². The number of fused-ring (bicyclic) bond motifs is 1. The first-order valence-electron chi connectivity index (χ1n) is 12.4. The smallest absolute Gasteiger partial charge is 0.300 e. The Bertz CT molecular complexity index is 763. The van der Waals surface area contributed by atoms with Crippen molar-refractivity contribution in [2.24, 2.45) is 0 Å². The number of piperidine rings is 1. The number of amides is 1. The van der Waals surface area contributed by atoms with Gasteiger partial charge in [-0.15, -0.1) is 0 Å². The molecule has 0 unspecified atom stereocenters. The summed E-state index contributed by atoms with van der Waals surface area (Å²) in [6.07, 6.45) is 4.04. The first kappa shape index (κ1) is 23.4. The van der Waals surface area contributed by atoms with E-state index in [1.807, 2.05) is 0 Å². The molecule has 184 valence electrons. The van der Waals surface area contributed by atoms with E-state index in [1.54, 1.807) is 4.90 Å². The molecule has 4 aliphatic heterocycles. The lowest BCUT2D eigenvalue weighted by Gasteiger charge is -2.44. The highest BCUT2D eigenvalue weighted by molar-refractivity contribution is 5.79. The average Bonchev–Trinajstić information content (AvgIpc) is 3.55. The van der Waals surface area contributed by atoms with Gasteiger partial charge in [0.2, 0.25) is 11.7 Å². The minimum Gasteiger partial charge on any atom is -0.388 e. The minimum absolute atomic E-state index is 0.0131. The lowest BCUT2D eigenvalue weighted by atomic mass is 9.95. The van der Waals surface area contributed by atoms with Crippen molar-refractivity contribution in [1.82, 2.24) is 15.1 Å². The molecule has 0 aromatic carbocycles. The van der Waals surface area contributed by atoms with Crippen LogP contribution < -0.4 is 5.32 Å². The predicted octanol–water partition coefficient (Wildman–Crippen LogP) is 0.0422. The van der Waals surface area contributed by atoms with Crippen LogP contribution in [0.4, 0.5) is 0 Å². The second-order valence-electron chi connectivity index (χ2n) is 10.2. The normalized spacial score (nSPS) is 39.1. The molecule has 10 heteroatoms. The molecule has 1 amide bonds. The Hall–Kier alpha value is -1.32. The zero-order valence-electron chi connectivity index (χ0n) is 19.2. The van der Waals surface area contributed by atoms with Crippen LogP contribution in [0.15, 0.2) is 0 Å². The first-order chi connectivity index (χ1) is 15.9. The van der Waals surface area contributed by atoms with Gasteiger partial charge in [0, 0.05) is 31.8 Å². The topological polar surface area (TPSA) is 108 Å². The summed E-state index contributed by atoms with van der Waals surface area (Å²) in [5.74, 6) is -1.77. The zero-order chi connectivity index (χ0) is 23.1. The van der Waals surface area contributed by atoms with Crippen molar-refractivity contribution in [2.45, 2.75) is 93.5 Å². The molecule has 1 spiro atoms. The highest BCUT2D eigenvalue weighted by atomic mass is 16.8. The van der Waals surface area contributed by atoms with E-state index in [0.29, 0.717) is 13.1 Å². The lowest BCUT2D eigenvalue weighted by molar-refractivity contribution is -0.301. The van der Waals surface area contributed by atoms with Gasteiger partial charge in [-0.1, -0.05) is 0 Å². The SMILES string of the molecule is [C-]#[N+][C@@H]1CCCN1C(=O)CNC1CCN(C[C@@]23OC[C@@H](O)[C@@H](O)[C@@H]2OC2(CCCC2)O3)CC1. The molecule has 5 fully saturated rings. The minimum atomic E-state index is -1.07. The molecular weight excluding hydrogens is 428 g/mol. The van der Waals surface area contributed by atoms with Crippen LogP contribution >= 0.6 is 0 Å². The van der Waals surface area contributed by atoms with Crippen LogP contribution in [0.2, 0.25) is 0 Å². The zero-order valence-corrected chi connectivity index (χ0v) is 19.2. The number of carbonyl (C=O) groups excluding carboxylic acids is 1. The second kappa shape index (κ2) is 9.38. The molecule has 4 heterocycles. The molecule has 1 saturated carbocycles. The highest BCUT2D eigenvalue weighted by Gasteiger charge is 2.64. The van der Waals surface area contributed by atoms with E-state index in [9.17, 15) is 15.0 Å². The number of rotatable bonds is 5. The molecule has 0 radical (unpaired) electrons. The summed E-state index contributed by atoms with van der Waals surface area (Å²) in [6, 6.07) is 0.245. The molecule has 5 atom stereocenters. The predicted molar refractivity (Wildman–Crippen MR) is 117 cm³/mol. The molecule has 1 aliphatic carbocycles. The first-order valence-corrected chi connectivity index (χ1v) is 12.4. The summed E-state index contributed by atoms with van der Waals surface area (Å²) in [5.41, 5.74) is 0. The highest BCUT2D eigenvalue weighted by Crippen LogP contribution is 2.49. The molecule has 5 rings (SSSR count). The molecule has 33 heavy (non-hydrogen) atoms. The molecule has 5 aliphatic rings. The van der Waals surface area contributed by atoms with Crippen molar-refractivity contribution < 1.29 is 29.2 Å². The summed E-state index contributed by atoms with van der Waals surface area (Å²) >= 11 is 0. The van der Waals surface area contributed by atoms with Crippen molar-refractivity contribution in [3.05, 3.63) is 11.4 Å². The lowest BCUT2D eigenvalue weighted by Crippen LogP contribution is -2.64. The molecule has 3 N–H and O–H groups in total. The van der Waals surface area contributed by atoms with Gasteiger partial charge >= 0.3 is 6.17 Å². The summed E-state index contributed by atoms with van der Waals surface area (Å²) in [5, 5.41) is 24.2. The summed E-state index contributed by atoms with van der Waals surface area (Å²) in [4.78, 5) is 20.0. The van der Waals surface area contributed by atoms with Crippen molar-refractivity contribution in [1.29, 1.82) is 0 Å². The van der Waals surface area contributed by atoms with E-state index in [2.05, 4.69) is 15.1 Å². The third-order valence-corrected chi connectivity index (χ3v) is 7.97. The summed E-state index contributed by atoms with van der Waals surface area (Å²) < 4.78 is 18.8. The summed E-state index contributed by atoms with van der Waals surface area (Å²) in [7, 11) is 0. The quantitative estimate of drug-likeness (QED) is 0.490. The van der Waals surface area contributed by atoms with Crippen molar-refractivity contribution >= 4 is 5.91 Å². The van der Waals surface area contributed by atoms with Gasteiger partial charge in [-0.3, -0.25) is 19.4 Å². The van der Waals surface area contributed by atoms with Gasteiger partial charge in [0.05, 0.1) is 19.7 Å². The van der Waals surface area contributed by atoms with E-state index < -0.39 is 29.9 Å². The fourth-order valence-electron chi connectivity index (χ4n) is 6.10. The van der Waals surface area contributed by atoms with Crippen LogP contribution in [0.3, 0.4) is 0 Å². The fraction of sp³-hybridized carbons (Fsp3) is 0.913. The third kappa shape index (κ3) is 4.52. The van der Waals surface area contributed by atoms with Crippen molar-refractivity contribution in [3.63, 3.8) is 0 Å². The second-order valence-corrected chi connectivity index (χ2v) is 10.2. The van der Waals surface area contributed by atoms with Gasteiger partial charge in [0.15, 0.2) is 5.79 Å². The number of ether oxygens (including phenoxy) is 3. The van der Waals surface area contributed by atoms with Crippen LogP contribution in [-0.4, -0.2) is 107 Å². The Kier molecular flexibility index (Phi) is 6.66. The Balaban J connectivity index is 1.14. The maximum absolute atomic E-state index is 12.5. The van der Waals surface area contributed by atoms with E-state index in [4.69, 9.17) is 20.8 Å². The van der Waals surface area contributed by atoms with E-state index in [-0.39, 0.29) is 31.3 Å². The Morgan fingerprint density at radius 2 is 1.88 bits per heavy atom. The monoisotopic (exact) mass is 464 g/mol. The van der Waals surface area contributed by atoms with Crippen LogP contribution in [0.5, 0.6) is 0 Å². The van der Waals surface area contributed by atoms with Crippen LogP contribution in [-0.2, 0) is 19.0 Å². The molecule has 0 aromatic heterocycles. The number of nitrogens with one attached hydrogen (secondary N) is 1. The number of nitrogens with zero attached hydrogens (tertiary/aromatic N) is 3. The van der Waals surface area contributed by atoms with E-state index in [0.717, 1.165) is 64.5 Å². The maximum atomic E-state index is 12.5. The van der Waals surface area contributed by atoms with Gasteiger partial charge in [-0.05, 0) is 45.2 Å². The van der Waals surface area contributed by atoms with Crippen molar-refractivity contribution in [3.8, 4) is 0 Å². The number of hydrogen-bond donors (Lipinski definition) is 3. The number of likely N-dealkylation sites (tertiary alicyclic amines) is 2. The Morgan fingerprint density at radius 1 is 1.12 bits per heavy atom. The third-order valence-electron chi connectivity index (χ3n) is 7.97. The molecule has 4 saturated heterocycles. The number of hydrogen-bond acceptors (Lipinski definition) is 8. The Labute approximate surface area is 195 Å². The molecule has 0 aromatic rings. The molecule has 10 nitrogen and oxygen atoms in total. The molecular formula is C23H36N4O6. The Morgan fingerprint density at radius 3 is 2.61 bits per heavy atom. The number of aliphatic hydroxyl groups excluding tert-OH is 2. The molecule has 0 bridgehead atoms. The fourth-order valence-corrected chi connectivity index (χ4v) is 6.10. The number of aliphatic hydroxyl groups is 2. The van der Waals surface area contributed by atoms with Gasteiger partial charge < -0.3 is 29.7 Å². The maximum Gasteiger partial charge on any atom is 0.300 e. The van der Waals surface area contributed by atoms with Gasteiger partial charge in [0.25, 0.3) is 0 Å². The summed E-state index contributed by atoms with van der Waals surface area (Å²) in [6.45, 7) is 10.3. The number of carbonyl (C=O) groups is 1. The van der Waals surface area contributed by atoms with Crippen LogP contribution in [0, 0.1) is 6.57 Å². The van der Waals surface area contributed by atoms with E-state index in [1.165, 1.54) is 0 Å². The van der Waals surface area contributed by atoms with E-state index >= 15 is 0 Å².